The van der Waals surface area contributed by atoms with Crippen LogP contribution in [0.1, 0.15) is 37.0 Å². The minimum Gasteiger partial charge on any atom is -0.496 e. The van der Waals surface area contributed by atoms with E-state index in [0.29, 0.717) is 27.3 Å². The fourth-order valence-electron chi connectivity index (χ4n) is 5.22. The Balaban J connectivity index is 1.31. The maximum Gasteiger partial charge on any atom is 0.412 e. The van der Waals surface area contributed by atoms with Gasteiger partial charge in [-0.1, -0.05) is 67.6 Å². The lowest BCUT2D eigenvalue weighted by Gasteiger charge is -2.19. The number of hydrogen-bond acceptors (Lipinski definition) is 6. The number of carbonyl (C=O) groups excluding carboxylic acids is 2. The highest BCUT2D eigenvalue weighted by Crippen LogP contribution is 2.50. The van der Waals surface area contributed by atoms with Crippen molar-refractivity contribution in [3.05, 3.63) is 93.8 Å². The van der Waals surface area contributed by atoms with Gasteiger partial charge in [0, 0.05) is 19.2 Å². The van der Waals surface area contributed by atoms with Gasteiger partial charge in [-0.3, -0.25) is 10.1 Å². The van der Waals surface area contributed by atoms with E-state index in [9.17, 15) is 18.4 Å². The molecule has 3 aromatic carbocycles. The van der Waals surface area contributed by atoms with Gasteiger partial charge < -0.3 is 14.2 Å². The van der Waals surface area contributed by atoms with Crippen LogP contribution in [-0.2, 0) is 19.7 Å². The summed E-state index contributed by atoms with van der Waals surface area (Å²) >= 11 is 7.60. The molecule has 1 N–H and O–H groups in total. The van der Waals surface area contributed by atoms with Crippen LogP contribution in [0.15, 0.2) is 66.7 Å². The molecule has 1 atom stereocenters. The van der Waals surface area contributed by atoms with Gasteiger partial charge in [0.1, 0.15) is 23.5 Å². The minimum atomic E-state index is -1.29. The molecule has 4 aromatic rings. The highest BCUT2D eigenvalue weighted by molar-refractivity contribution is 7.20. The first kappa shape index (κ1) is 33.6. The first-order chi connectivity index (χ1) is 21.8. The van der Waals surface area contributed by atoms with E-state index in [4.69, 9.17) is 25.8 Å². The van der Waals surface area contributed by atoms with Crippen LogP contribution in [0.25, 0.3) is 21.6 Å². The second-order valence-corrected chi connectivity index (χ2v) is 20.0. The lowest BCUT2D eigenvalue weighted by Crippen LogP contribution is -2.27. The Kier molecular flexibility index (Phi) is 9.91. The molecule has 0 radical (unpaired) electrons. The van der Waals surface area contributed by atoms with Crippen molar-refractivity contribution < 1.29 is 32.6 Å². The highest BCUT2D eigenvalue weighted by atomic mass is 35.5. The number of benzene rings is 3. The number of anilines is 1. The molecule has 0 bridgehead atoms. The summed E-state index contributed by atoms with van der Waals surface area (Å²) in [5, 5.41) is 2.68. The fraction of sp³-hybridized carbons (Fsp3) is 0.314. The van der Waals surface area contributed by atoms with E-state index in [2.05, 4.69) is 25.0 Å². The van der Waals surface area contributed by atoms with Gasteiger partial charge in [0.2, 0.25) is 0 Å². The second kappa shape index (κ2) is 13.6. The van der Waals surface area contributed by atoms with Crippen molar-refractivity contribution in [2.24, 2.45) is 0 Å². The van der Waals surface area contributed by atoms with Crippen LogP contribution >= 0.6 is 22.9 Å². The first-order valence-corrected chi connectivity index (χ1v) is 19.9. The van der Waals surface area contributed by atoms with Gasteiger partial charge in [0.05, 0.1) is 34.0 Å². The molecule has 1 aliphatic carbocycles. The third-order valence-electron chi connectivity index (χ3n) is 8.06. The number of halogens is 3. The number of hydrogen-bond donors (Lipinski definition) is 1. The topological polar surface area (TPSA) is 73.9 Å². The van der Waals surface area contributed by atoms with Gasteiger partial charge in [0.25, 0.3) is 0 Å². The number of thiophene rings is 1. The van der Waals surface area contributed by atoms with Crippen LogP contribution < -0.4 is 10.1 Å². The van der Waals surface area contributed by atoms with Crippen molar-refractivity contribution in [1.29, 1.82) is 0 Å². The van der Waals surface area contributed by atoms with Crippen LogP contribution in [0.4, 0.5) is 19.3 Å². The fourth-order valence-corrected chi connectivity index (χ4v) is 7.11. The Morgan fingerprint density at radius 1 is 1.00 bits per heavy atom. The molecule has 1 aromatic heterocycles. The molecule has 1 saturated carbocycles. The van der Waals surface area contributed by atoms with Crippen molar-refractivity contribution in [3.8, 4) is 27.3 Å². The summed E-state index contributed by atoms with van der Waals surface area (Å²) in [7, 11) is 0.287. The molecule has 46 heavy (non-hydrogen) atoms. The molecule has 1 heterocycles. The van der Waals surface area contributed by atoms with E-state index in [-0.39, 0.29) is 11.5 Å². The number of carbonyl (C=O) groups is 2. The number of rotatable bonds is 11. The van der Waals surface area contributed by atoms with Crippen LogP contribution in [0, 0.1) is 11.6 Å². The summed E-state index contributed by atoms with van der Waals surface area (Å²) in [5.74, 6) is -0.846. The van der Waals surface area contributed by atoms with Gasteiger partial charge in [0.15, 0.2) is 0 Å². The number of ether oxygens (including phenoxy) is 3. The predicted octanol–water partition coefficient (Wildman–Crippen LogP) is 10.2. The van der Waals surface area contributed by atoms with Crippen molar-refractivity contribution in [2.45, 2.75) is 57.0 Å². The van der Waals surface area contributed by atoms with Crippen LogP contribution in [0.5, 0.6) is 5.75 Å². The summed E-state index contributed by atoms with van der Waals surface area (Å²) in [6.45, 7) is 8.72. The molecular weight excluding hydrogens is 648 g/mol. The minimum absolute atomic E-state index is 0.0724. The summed E-state index contributed by atoms with van der Waals surface area (Å²) in [5.41, 5.74) is 3.23. The molecule has 5 rings (SSSR count). The standard InChI is InChI=1S/C35H36ClF2NO5SSi/c1-21(27-19-25(37)11-13-28(27)38)44-34(41)39-29-20-31(36)45-32(29)23-8-12-26(30(18-23)42-2)22-6-9-24(10-7-22)35(14-15-35)33(40)43-16-17-46(3,4)5/h6-13,18-21H,14-17H2,1-5H3,(H,39,41)/t21-/m1/s1. The lowest BCUT2D eigenvalue weighted by atomic mass is 9.93. The Labute approximate surface area is 277 Å². The van der Waals surface area contributed by atoms with E-state index in [0.717, 1.165) is 59.3 Å². The summed E-state index contributed by atoms with van der Waals surface area (Å²) in [6.07, 6.45) is -0.313. The Morgan fingerprint density at radius 3 is 2.35 bits per heavy atom. The van der Waals surface area contributed by atoms with E-state index >= 15 is 0 Å². The van der Waals surface area contributed by atoms with E-state index in [1.165, 1.54) is 18.3 Å². The molecule has 242 valence electrons. The highest BCUT2D eigenvalue weighted by Gasteiger charge is 2.52. The predicted molar refractivity (Wildman–Crippen MR) is 182 cm³/mol. The third-order valence-corrected chi connectivity index (χ3v) is 11.1. The molecule has 0 aliphatic heterocycles. The Bertz CT molecular complexity index is 1750. The van der Waals surface area contributed by atoms with Gasteiger partial charge >= 0.3 is 12.1 Å². The summed E-state index contributed by atoms with van der Waals surface area (Å²) in [4.78, 5) is 26.4. The van der Waals surface area contributed by atoms with Gasteiger partial charge in [-0.15, -0.1) is 11.3 Å². The Morgan fingerprint density at radius 2 is 1.70 bits per heavy atom. The zero-order chi connectivity index (χ0) is 33.2. The number of nitrogens with one attached hydrogen (secondary N) is 1. The zero-order valence-corrected chi connectivity index (χ0v) is 28.9. The molecule has 0 saturated heterocycles. The van der Waals surface area contributed by atoms with E-state index < -0.39 is 37.3 Å². The quantitative estimate of drug-likeness (QED) is 0.126. The normalized spacial score (nSPS) is 14.3. The molecular formula is C35H36ClF2NO5SSi. The molecule has 1 amide bonds. The average molecular weight is 684 g/mol. The van der Waals surface area contributed by atoms with Crippen molar-refractivity contribution in [1.82, 2.24) is 0 Å². The number of methoxy groups -OCH3 is 1. The second-order valence-electron chi connectivity index (χ2n) is 12.7. The van der Waals surface area contributed by atoms with Crippen LogP contribution in [0.3, 0.4) is 0 Å². The largest absolute Gasteiger partial charge is 0.496 e. The molecule has 6 nitrogen and oxygen atoms in total. The summed E-state index contributed by atoms with van der Waals surface area (Å²) in [6, 6.07) is 19.1. The smallest absolute Gasteiger partial charge is 0.412 e. The molecule has 0 unspecified atom stereocenters. The van der Waals surface area contributed by atoms with Gasteiger partial charge in [-0.05, 0) is 72.8 Å². The number of amides is 1. The van der Waals surface area contributed by atoms with Gasteiger partial charge in [-0.25, -0.2) is 13.6 Å². The van der Waals surface area contributed by atoms with E-state index in [1.54, 1.807) is 13.2 Å². The maximum atomic E-state index is 14.2. The monoisotopic (exact) mass is 683 g/mol. The van der Waals surface area contributed by atoms with Crippen molar-refractivity contribution in [3.63, 3.8) is 0 Å². The third kappa shape index (κ3) is 7.62. The van der Waals surface area contributed by atoms with Crippen molar-refractivity contribution in [2.75, 3.05) is 19.0 Å². The lowest BCUT2D eigenvalue weighted by molar-refractivity contribution is -0.146. The number of esters is 1. The zero-order valence-electron chi connectivity index (χ0n) is 26.3. The average Bonchev–Trinajstić information content (AvgIpc) is 3.74. The van der Waals surface area contributed by atoms with Crippen LogP contribution in [0.2, 0.25) is 30.0 Å². The summed E-state index contributed by atoms with van der Waals surface area (Å²) < 4.78 is 45.0. The van der Waals surface area contributed by atoms with Gasteiger partial charge in [-0.2, -0.15) is 0 Å². The maximum absolute atomic E-state index is 14.2. The Hall–Kier alpha value is -3.73. The molecule has 0 spiro atoms. The molecule has 11 heteroatoms. The SMILES string of the molecule is COc1cc(-c2sc(Cl)cc2NC(=O)O[C@H](C)c2cc(F)ccc2F)ccc1-c1ccc(C2(C(=O)OCC[Si](C)(C)C)CC2)cc1. The first-order valence-electron chi connectivity index (χ1n) is 15.0. The van der Waals surface area contributed by atoms with Crippen LogP contribution in [-0.4, -0.2) is 33.9 Å². The molecule has 1 fully saturated rings. The molecule has 1 aliphatic rings. The van der Waals surface area contributed by atoms with E-state index in [1.807, 2.05) is 42.5 Å². The van der Waals surface area contributed by atoms with Crippen molar-refractivity contribution >= 4 is 48.8 Å².